The topological polar surface area (TPSA) is 29.1 Å². The molecule has 0 atom stereocenters. The molecule has 0 aromatic heterocycles. The minimum atomic E-state index is 0.0269. The summed E-state index contributed by atoms with van der Waals surface area (Å²) >= 11 is 11.7. The van der Waals surface area contributed by atoms with Crippen molar-refractivity contribution >= 4 is 34.8 Å². The van der Waals surface area contributed by atoms with Crippen molar-refractivity contribution in [2.24, 2.45) is 0 Å². The minimum absolute atomic E-state index is 0.0269. The minimum Gasteiger partial charge on any atom is -0.325 e. The molecule has 2 nitrogen and oxygen atoms in total. The van der Waals surface area contributed by atoms with Gasteiger partial charge in [0.25, 0.3) is 0 Å². The number of amides is 1. The first kappa shape index (κ1) is 9.81. The summed E-state index contributed by atoms with van der Waals surface area (Å²) in [6.45, 7) is 0. The third-order valence-corrected chi connectivity index (χ3v) is 2.80. The lowest BCUT2D eigenvalue weighted by Gasteiger charge is -2.05. The maximum Gasteiger partial charge on any atom is 0.228 e. The molecule has 14 heavy (non-hydrogen) atoms. The summed E-state index contributed by atoms with van der Waals surface area (Å²) < 4.78 is 0. The summed E-state index contributed by atoms with van der Waals surface area (Å²) in [4.78, 5) is 11.1. The molecular formula is C10H9Cl2NO. The molecule has 1 N–H and O–H groups in total. The van der Waals surface area contributed by atoms with Crippen LogP contribution in [0.15, 0.2) is 12.1 Å². The van der Waals surface area contributed by atoms with E-state index >= 15 is 0 Å². The zero-order valence-electron chi connectivity index (χ0n) is 7.44. The number of halogens is 2. The number of anilines is 1. The molecular weight excluding hydrogens is 223 g/mol. The van der Waals surface area contributed by atoms with Crippen LogP contribution in [0, 0.1) is 0 Å². The first-order valence-electron chi connectivity index (χ1n) is 4.38. The van der Waals surface area contributed by atoms with E-state index in [1.807, 2.05) is 6.07 Å². The number of hydrogen-bond donors (Lipinski definition) is 1. The first-order chi connectivity index (χ1) is 6.70. The summed E-state index contributed by atoms with van der Waals surface area (Å²) in [6, 6.07) is 3.75. The van der Waals surface area contributed by atoms with Gasteiger partial charge >= 0.3 is 0 Å². The molecule has 0 saturated heterocycles. The molecule has 0 fully saturated rings. The Morgan fingerprint density at radius 2 is 2.29 bits per heavy atom. The van der Waals surface area contributed by atoms with Crippen LogP contribution in [0.1, 0.15) is 11.1 Å². The third-order valence-electron chi connectivity index (χ3n) is 2.26. The Kier molecular flexibility index (Phi) is 2.66. The molecule has 0 radical (unpaired) electrons. The Balaban J connectivity index is 2.39. The Morgan fingerprint density at radius 1 is 1.50 bits per heavy atom. The second-order valence-electron chi connectivity index (χ2n) is 3.26. The normalized spacial score (nSPS) is 14.0. The van der Waals surface area contributed by atoms with E-state index in [-0.39, 0.29) is 5.91 Å². The van der Waals surface area contributed by atoms with Gasteiger partial charge in [0.15, 0.2) is 0 Å². The molecule has 1 amide bonds. The summed E-state index contributed by atoms with van der Waals surface area (Å²) in [5, 5.41) is 3.42. The lowest BCUT2D eigenvalue weighted by molar-refractivity contribution is -0.115. The Hall–Kier alpha value is -0.730. The van der Waals surface area contributed by atoms with E-state index in [1.54, 1.807) is 6.07 Å². The van der Waals surface area contributed by atoms with Gasteiger partial charge in [-0.05, 0) is 23.6 Å². The molecule has 0 bridgehead atoms. The lowest BCUT2D eigenvalue weighted by atomic mass is 10.1. The van der Waals surface area contributed by atoms with Gasteiger partial charge < -0.3 is 5.32 Å². The Morgan fingerprint density at radius 3 is 3.00 bits per heavy atom. The van der Waals surface area contributed by atoms with E-state index in [0.717, 1.165) is 23.2 Å². The molecule has 0 spiro atoms. The second kappa shape index (κ2) is 3.79. The molecule has 0 saturated carbocycles. The number of hydrogen-bond acceptors (Lipinski definition) is 1. The average molecular weight is 232 g/mol. The highest BCUT2D eigenvalue weighted by molar-refractivity contribution is 6.32. The van der Waals surface area contributed by atoms with Crippen LogP contribution in [-0.2, 0) is 17.6 Å². The van der Waals surface area contributed by atoms with Crippen LogP contribution in [0.25, 0.3) is 0 Å². The van der Waals surface area contributed by atoms with Crippen molar-refractivity contribution in [2.75, 3.05) is 11.2 Å². The van der Waals surface area contributed by atoms with E-state index in [0.29, 0.717) is 17.3 Å². The fourth-order valence-electron chi connectivity index (χ4n) is 1.59. The first-order valence-corrected chi connectivity index (χ1v) is 5.29. The number of alkyl halides is 1. The van der Waals surface area contributed by atoms with Crippen LogP contribution in [-0.4, -0.2) is 11.8 Å². The van der Waals surface area contributed by atoms with E-state index in [2.05, 4.69) is 5.32 Å². The second-order valence-corrected chi connectivity index (χ2v) is 4.05. The molecule has 74 valence electrons. The number of fused-ring (bicyclic) bond motifs is 1. The molecule has 1 aromatic rings. The maximum absolute atomic E-state index is 11.1. The largest absolute Gasteiger partial charge is 0.325 e. The highest BCUT2D eigenvalue weighted by Crippen LogP contribution is 2.29. The fraction of sp³-hybridized carbons (Fsp3) is 0.300. The molecule has 4 heteroatoms. The number of benzene rings is 1. The van der Waals surface area contributed by atoms with Gasteiger partial charge in [0.05, 0.1) is 6.42 Å². The predicted molar refractivity (Wildman–Crippen MR) is 58.2 cm³/mol. The van der Waals surface area contributed by atoms with Gasteiger partial charge in [0.2, 0.25) is 5.91 Å². The van der Waals surface area contributed by atoms with Gasteiger partial charge in [-0.25, -0.2) is 0 Å². The number of rotatable bonds is 2. The van der Waals surface area contributed by atoms with Gasteiger partial charge in [0.1, 0.15) is 0 Å². The highest BCUT2D eigenvalue weighted by Gasteiger charge is 2.19. The monoisotopic (exact) mass is 231 g/mol. The highest BCUT2D eigenvalue weighted by atomic mass is 35.5. The average Bonchev–Trinajstić information content (AvgIpc) is 2.45. The van der Waals surface area contributed by atoms with Crippen molar-refractivity contribution in [2.45, 2.75) is 12.8 Å². The lowest BCUT2D eigenvalue weighted by Crippen LogP contribution is -2.03. The molecule has 2 rings (SSSR count). The molecule has 0 unspecified atom stereocenters. The van der Waals surface area contributed by atoms with E-state index in [1.165, 1.54) is 0 Å². The van der Waals surface area contributed by atoms with Crippen LogP contribution in [0.5, 0.6) is 0 Å². The zero-order valence-corrected chi connectivity index (χ0v) is 8.95. The van der Waals surface area contributed by atoms with Crippen LogP contribution < -0.4 is 5.32 Å². The molecule has 1 aromatic carbocycles. The van der Waals surface area contributed by atoms with Crippen LogP contribution in [0.4, 0.5) is 5.69 Å². The fourth-order valence-corrected chi connectivity index (χ4v) is 2.05. The summed E-state index contributed by atoms with van der Waals surface area (Å²) in [5.41, 5.74) is 2.86. The van der Waals surface area contributed by atoms with Crippen LogP contribution in [0.2, 0.25) is 5.02 Å². The molecule has 0 aliphatic carbocycles. The predicted octanol–water partition coefficient (Wildman–Crippen LogP) is 2.62. The van der Waals surface area contributed by atoms with Crippen molar-refractivity contribution in [1.29, 1.82) is 0 Å². The third kappa shape index (κ3) is 1.72. The Labute approximate surface area is 92.2 Å². The van der Waals surface area contributed by atoms with E-state index in [4.69, 9.17) is 23.2 Å². The van der Waals surface area contributed by atoms with Crippen molar-refractivity contribution < 1.29 is 4.79 Å². The standard InChI is InChI=1S/C10H9Cl2NO/c11-2-1-6-3-7-4-10(14)13-9(7)5-8(6)12/h3,5H,1-2,4H2,(H,13,14)/i2+2. The van der Waals surface area contributed by atoms with Crippen molar-refractivity contribution in [1.82, 2.24) is 0 Å². The van der Waals surface area contributed by atoms with Crippen molar-refractivity contribution in [3.8, 4) is 0 Å². The van der Waals surface area contributed by atoms with Gasteiger partial charge in [-0.3, -0.25) is 4.79 Å². The van der Waals surface area contributed by atoms with E-state index < -0.39 is 0 Å². The van der Waals surface area contributed by atoms with Crippen molar-refractivity contribution in [3.05, 3.63) is 28.3 Å². The molecule has 1 aliphatic heterocycles. The maximum atomic E-state index is 11.1. The smallest absolute Gasteiger partial charge is 0.228 e. The summed E-state index contributed by atoms with van der Waals surface area (Å²) in [5.74, 6) is 0.568. The quantitative estimate of drug-likeness (QED) is 0.780. The van der Waals surface area contributed by atoms with Crippen molar-refractivity contribution in [3.63, 3.8) is 0 Å². The van der Waals surface area contributed by atoms with E-state index in [9.17, 15) is 4.79 Å². The van der Waals surface area contributed by atoms with Gasteiger partial charge in [0, 0.05) is 16.6 Å². The van der Waals surface area contributed by atoms with Gasteiger partial charge in [-0.2, -0.15) is 0 Å². The van der Waals surface area contributed by atoms with Crippen LogP contribution >= 0.6 is 23.2 Å². The molecule has 1 aliphatic rings. The zero-order chi connectivity index (χ0) is 10.1. The number of aryl methyl sites for hydroxylation is 1. The summed E-state index contributed by atoms with van der Waals surface area (Å²) in [7, 11) is 0. The SMILES string of the molecule is O=C1Cc2cc(C[14CH2]Cl)c(Cl)cc2N1. The number of carbonyl (C=O) groups is 1. The number of carbonyl (C=O) groups excluding carboxylic acids is 1. The summed E-state index contributed by atoms with van der Waals surface area (Å²) in [6.07, 6.45) is 1.18. The number of nitrogens with one attached hydrogen (secondary N) is 1. The van der Waals surface area contributed by atoms with Crippen LogP contribution in [0.3, 0.4) is 0 Å². The molecule has 1 heterocycles. The van der Waals surface area contributed by atoms with Gasteiger partial charge in [-0.15, -0.1) is 11.6 Å². The van der Waals surface area contributed by atoms with Gasteiger partial charge in [-0.1, -0.05) is 17.7 Å². The Bertz CT molecular complexity index is 390.